The molecular formula is C23H25N3O3S. The Hall–Kier alpha value is -3.19. The van der Waals surface area contributed by atoms with E-state index in [1.165, 1.54) is 16.9 Å². The summed E-state index contributed by atoms with van der Waals surface area (Å²) >= 11 is 1.29. The van der Waals surface area contributed by atoms with Crippen molar-refractivity contribution in [3.05, 3.63) is 69.7 Å². The largest absolute Gasteiger partial charge is 0.483 e. The zero-order valence-electron chi connectivity index (χ0n) is 17.5. The molecule has 0 fully saturated rings. The third kappa shape index (κ3) is 5.24. The molecule has 156 valence electrons. The number of benzene rings is 2. The molecule has 1 aromatic heterocycles. The minimum Gasteiger partial charge on any atom is -0.483 e. The quantitative estimate of drug-likeness (QED) is 0.584. The fourth-order valence-electron chi connectivity index (χ4n) is 2.84. The Balaban J connectivity index is 1.57. The number of carbonyl (C=O) groups is 2. The molecule has 0 radical (unpaired) electrons. The molecule has 1 heterocycles. The molecule has 3 rings (SSSR count). The first-order chi connectivity index (χ1) is 14.4. The van der Waals surface area contributed by atoms with Crippen LogP contribution in [0, 0.1) is 20.8 Å². The van der Waals surface area contributed by atoms with Crippen molar-refractivity contribution in [1.29, 1.82) is 0 Å². The van der Waals surface area contributed by atoms with Gasteiger partial charge in [0.2, 0.25) is 0 Å². The zero-order chi connectivity index (χ0) is 21.7. The molecular weight excluding hydrogens is 398 g/mol. The van der Waals surface area contributed by atoms with Gasteiger partial charge in [-0.15, -0.1) is 11.3 Å². The third-order valence-corrected chi connectivity index (χ3v) is 5.84. The van der Waals surface area contributed by atoms with Crippen LogP contribution in [0.2, 0.25) is 0 Å². The van der Waals surface area contributed by atoms with Gasteiger partial charge in [-0.25, -0.2) is 4.98 Å². The Kier molecular flexibility index (Phi) is 6.84. The van der Waals surface area contributed by atoms with Gasteiger partial charge >= 0.3 is 0 Å². The van der Waals surface area contributed by atoms with Crippen LogP contribution >= 0.6 is 11.3 Å². The Morgan fingerprint density at radius 3 is 2.47 bits per heavy atom. The second kappa shape index (κ2) is 9.54. The van der Waals surface area contributed by atoms with Crippen molar-refractivity contribution >= 4 is 23.2 Å². The molecule has 0 atom stereocenters. The molecule has 2 aromatic carbocycles. The van der Waals surface area contributed by atoms with E-state index in [0.717, 1.165) is 28.1 Å². The molecule has 0 aliphatic heterocycles. The highest BCUT2D eigenvalue weighted by molar-refractivity contribution is 7.17. The van der Waals surface area contributed by atoms with Gasteiger partial charge in [0.1, 0.15) is 15.6 Å². The Morgan fingerprint density at radius 2 is 1.77 bits per heavy atom. The van der Waals surface area contributed by atoms with Gasteiger partial charge in [0.25, 0.3) is 11.8 Å². The Bertz CT molecular complexity index is 1060. The number of ether oxygens (including phenoxy) is 1. The summed E-state index contributed by atoms with van der Waals surface area (Å²) in [6.07, 6.45) is 0.970. The maximum atomic E-state index is 12.5. The number of aryl methyl sites for hydroxylation is 4. The molecule has 0 spiro atoms. The summed E-state index contributed by atoms with van der Waals surface area (Å²) in [5.41, 5.74) is 9.64. The van der Waals surface area contributed by atoms with Crippen molar-refractivity contribution in [2.45, 2.75) is 34.1 Å². The van der Waals surface area contributed by atoms with E-state index in [1.54, 1.807) is 6.92 Å². The molecule has 3 aromatic rings. The van der Waals surface area contributed by atoms with Crippen LogP contribution in [-0.2, 0) is 11.2 Å². The van der Waals surface area contributed by atoms with Crippen LogP contribution in [0.25, 0.3) is 10.6 Å². The van der Waals surface area contributed by atoms with Crippen molar-refractivity contribution in [3.8, 4) is 16.3 Å². The third-order valence-electron chi connectivity index (χ3n) is 4.63. The number of hydrogen-bond acceptors (Lipinski definition) is 5. The molecule has 7 heteroatoms. The van der Waals surface area contributed by atoms with Crippen molar-refractivity contribution < 1.29 is 14.3 Å². The van der Waals surface area contributed by atoms with Gasteiger partial charge in [0.15, 0.2) is 6.61 Å². The lowest BCUT2D eigenvalue weighted by Crippen LogP contribution is -2.43. The minimum absolute atomic E-state index is 0.193. The lowest BCUT2D eigenvalue weighted by Gasteiger charge is -2.10. The number of nitrogens with one attached hydrogen (secondary N) is 2. The maximum absolute atomic E-state index is 12.5. The van der Waals surface area contributed by atoms with Gasteiger partial charge in [-0.1, -0.05) is 43.3 Å². The predicted octanol–water partition coefficient (Wildman–Crippen LogP) is 4.14. The smallest absolute Gasteiger partial charge is 0.281 e. The summed E-state index contributed by atoms with van der Waals surface area (Å²) in [6, 6.07) is 13.9. The fourth-order valence-corrected chi connectivity index (χ4v) is 3.81. The topological polar surface area (TPSA) is 80.3 Å². The second-order valence-corrected chi connectivity index (χ2v) is 8.04. The molecule has 2 N–H and O–H groups in total. The summed E-state index contributed by atoms with van der Waals surface area (Å²) in [6.45, 7) is 7.55. The van der Waals surface area contributed by atoms with E-state index in [2.05, 4.69) is 34.9 Å². The number of hydrogen-bond donors (Lipinski definition) is 2. The number of rotatable bonds is 6. The van der Waals surface area contributed by atoms with E-state index >= 15 is 0 Å². The molecule has 0 aliphatic rings. The molecule has 0 aliphatic carbocycles. The fraction of sp³-hybridized carbons (Fsp3) is 0.261. The van der Waals surface area contributed by atoms with Gasteiger partial charge in [-0.3, -0.25) is 20.4 Å². The lowest BCUT2D eigenvalue weighted by atomic mass is 10.1. The summed E-state index contributed by atoms with van der Waals surface area (Å²) in [7, 11) is 0. The summed E-state index contributed by atoms with van der Waals surface area (Å²) < 4.78 is 5.55. The van der Waals surface area contributed by atoms with Gasteiger partial charge < -0.3 is 4.74 Å². The minimum atomic E-state index is -0.443. The first-order valence-electron chi connectivity index (χ1n) is 9.73. The van der Waals surface area contributed by atoms with E-state index < -0.39 is 11.8 Å². The van der Waals surface area contributed by atoms with E-state index in [0.29, 0.717) is 16.3 Å². The molecule has 0 bridgehead atoms. The highest BCUT2D eigenvalue weighted by atomic mass is 32.1. The van der Waals surface area contributed by atoms with Crippen LogP contribution in [0.1, 0.15) is 39.0 Å². The predicted molar refractivity (Wildman–Crippen MR) is 119 cm³/mol. The van der Waals surface area contributed by atoms with Crippen LogP contribution in [0.3, 0.4) is 0 Å². The van der Waals surface area contributed by atoms with Crippen molar-refractivity contribution in [3.63, 3.8) is 0 Å². The highest BCUT2D eigenvalue weighted by Crippen LogP contribution is 2.28. The molecule has 6 nitrogen and oxygen atoms in total. The van der Waals surface area contributed by atoms with Crippen LogP contribution in [-0.4, -0.2) is 23.4 Å². The van der Waals surface area contributed by atoms with Gasteiger partial charge in [-0.05, 0) is 49.9 Å². The number of carbonyl (C=O) groups excluding carboxylic acids is 2. The number of amides is 2. The molecule has 0 saturated carbocycles. The zero-order valence-corrected chi connectivity index (χ0v) is 18.4. The molecule has 0 unspecified atom stereocenters. The Labute approximate surface area is 180 Å². The van der Waals surface area contributed by atoms with Gasteiger partial charge in [0.05, 0.1) is 5.69 Å². The van der Waals surface area contributed by atoms with E-state index in [4.69, 9.17) is 4.74 Å². The average molecular weight is 424 g/mol. The first-order valence-corrected chi connectivity index (χ1v) is 10.5. The average Bonchev–Trinajstić information content (AvgIpc) is 3.14. The normalized spacial score (nSPS) is 10.5. The highest BCUT2D eigenvalue weighted by Gasteiger charge is 2.17. The lowest BCUT2D eigenvalue weighted by molar-refractivity contribution is -0.123. The van der Waals surface area contributed by atoms with Crippen molar-refractivity contribution in [1.82, 2.24) is 15.8 Å². The van der Waals surface area contributed by atoms with Gasteiger partial charge in [-0.2, -0.15) is 0 Å². The van der Waals surface area contributed by atoms with Crippen LogP contribution in [0.4, 0.5) is 0 Å². The van der Waals surface area contributed by atoms with E-state index in [1.807, 2.05) is 44.2 Å². The second-order valence-electron chi connectivity index (χ2n) is 7.04. The maximum Gasteiger partial charge on any atom is 0.281 e. The van der Waals surface area contributed by atoms with E-state index in [-0.39, 0.29) is 6.61 Å². The SMILES string of the molecule is CCc1ccc(-c2nc(C)c(C(=O)NNC(=O)COc3cc(C)ccc3C)s2)cc1. The van der Waals surface area contributed by atoms with Crippen LogP contribution in [0.15, 0.2) is 42.5 Å². The monoisotopic (exact) mass is 423 g/mol. The molecule has 2 amide bonds. The first kappa shape index (κ1) is 21.5. The summed E-state index contributed by atoms with van der Waals surface area (Å²) in [4.78, 5) is 29.5. The number of aromatic nitrogens is 1. The summed E-state index contributed by atoms with van der Waals surface area (Å²) in [5, 5.41) is 0.768. The van der Waals surface area contributed by atoms with Crippen LogP contribution in [0.5, 0.6) is 5.75 Å². The Morgan fingerprint density at radius 1 is 1.03 bits per heavy atom. The summed E-state index contributed by atoms with van der Waals surface area (Å²) in [5.74, 6) is -0.197. The number of nitrogens with zero attached hydrogens (tertiary/aromatic N) is 1. The number of thiazole rings is 1. The van der Waals surface area contributed by atoms with Gasteiger partial charge in [0, 0.05) is 5.56 Å². The standard InChI is InChI=1S/C23H25N3O3S/c1-5-17-8-10-18(11-9-17)23-24-16(4)21(30-23)22(28)26-25-20(27)13-29-19-12-14(2)6-7-15(19)3/h6-12H,5,13H2,1-4H3,(H,25,27)(H,26,28). The van der Waals surface area contributed by atoms with Crippen molar-refractivity contribution in [2.24, 2.45) is 0 Å². The van der Waals surface area contributed by atoms with Crippen molar-refractivity contribution in [2.75, 3.05) is 6.61 Å². The number of hydrazine groups is 1. The van der Waals surface area contributed by atoms with Crippen LogP contribution < -0.4 is 15.6 Å². The molecule has 0 saturated heterocycles. The molecule has 30 heavy (non-hydrogen) atoms. The van der Waals surface area contributed by atoms with E-state index in [9.17, 15) is 9.59 Å².